The molecule has 0 saturated heterocycles. The lowest BCUT2D eigenvalue weighted by atomic mass is 10.1. The summed E-state index contributed by atoms with van der Waals surface area (Å²) in [6, 6.07) is 17.6. The second kappa shape index (κ2) is 7.09. The summed E-state index contributed by atoms with van der Waals surface area (Å²) in [5, 5.41) is 7.56. The molecule has 5 heteroatoms. The second-order valence-corrected chi connectivity index (χ2v) is 4.51. The van der Waals surface area contributed by atoms with E-state index in [-0.39, 0.29) is 5.96 Å². The molecule has 108 valence electrons. The van der Waals surface area contributed by atoms with E-state index in [1.807, 2.05) is 61.5 Å². The topological polar surface area (TPSA) is 86.0 Å². The summed E-state index contributed by atoms with van der Waals surface area (Å²) >= 11 is 0. The van der Waals surface area contributed by atoms with Gasteiger partial charge in [0.25, 0.3) is 0 Å². The molecule has 0 atom stereocenters. The van der Waals surface area contributed by atoms with Crippen LogP contribution in [0.4, 0.5) is 0 Å². The van der Waals surface area contributed by atoms with Crippen molar-refractivity contribution in [1.82, 2.24) is 0 Å². The van der Waals surface area contributed by atoms with Crippen LogP contribution >= 0.6 is 0 Å². The van der Waals surface area contributed by atoms with E-state index in [0.29, 0.717) is 6.61 Å². The number of benzene rings is 2. The van der Waals surface area contributed by atoms with Crippen LogP contribution < -0.4 is 16.2 Å². The predicted molar refractivity (Wildman–Crippen MR) is 85.2 cm³/mol. The Kier molecular flexibility index (Phi) is 4.93. The largest absolute Gasteiger partial charge is 0.489 e. The molecule has 0 fully saturated rings. The minimum Gasteiger partial charge on any atom is -0.489 e. The average molecular weight is 282 g/mol. The highest BCUT2D eigenvalue weighted by Gasteiger charge is 1.99. The first kappa shape index (κ1) is 14.6. The molecule has 0 amide bonds. The first-order valence-electron chi connectivity index (χ1n) is 6.55. The molecule has 0 aliphatic carbocycles. The molecule has 2 aromatic rings. The fourth-order valence-electron chi connectivity index (χ4n) is 1.72. The maximum Gasteiger partial charge on any atom is 0.211 e. The van der Waals surface area contributed by atoms with Crippen molar-refractivity contribution in [3.8, 4) is 5.75 Å². The zero-order chi connectivity index (χ0) is 15.1. The van der Waals surface area contributed by atoms with E-state index in [0.717, 1.165) is 22.6 Å². The van der Waals surface area contributed by atoms with Crippen molar-refractivity contribution in [2.24, 2.45) is 21.7 Å². The lowest BCUT2D eigenvalue weighted by molar-refractivity contribution is 0.306. The summed E-state index contributed by atoms with van der Waals surface area (Å²) < 4.78 is 5.72. The van der Waals surface area contributed by atoms with E-state index in [2.05, 4.69) is 10.2 Å². The molecule has 5 nitrogen and oxygen atoms in total. The highest BCUT2D eigenvalue weighted by atomic mass is 16.5. The molecule has 0 radical (unpaired) electrons. The normalized spacial score (nSPS) is 11.0. The van der Waals surface area contributed by atoms with E-state index in [9.17, 15) is 0 Å². The van der Waals surface area contributed by atoms with Gasteiger partial charge in [0, 0.05) is 0 Å². The molecule has 2 aromatic carbocycles. The van der Waals surface area contributed by atoms with Gasteiger partial charge in [0.1, 0.15) is 12.4 Å². The number of rotatable bonds is 5. The summed E-state index contributed by atoms with van der Waals surface area (Å²) in [5.74, 6) is 0.745. The number of hydrogen-bond acceptors (Lipinski definition) is 3. The molecule has 0 spiro atoms. The van der Waals surface area contributed by atoms with Gasteiger partial charge in [-0.15, -0.1) is 5.10 Å². The molecular weight excluding hydrogens is 264 g/mol. The van der Waals surface area contributed by atoms with Crippen molar-refractivity contribution < 1.29 is 4.74 Å². The van der Waals surface area contributed by atoms with E-state index in [1.54, 1.807) is 0 Å². The Morgan fingerprint density at radius 1 is 0.952 bits per heavy atom. The van der Waals surface area contributed by atoms with E-state index in [4.69, 9.17) is 16.2 Å². The zero-order valence-corrected chi connectivity index (χ0v) is 11.9. The van der Waals surface area contributed by atoms with Crippen LogP contribution in [0.2, 0.25) is 0 Å². The number of ether oxygens (including phenoxy) is 1. The van der Waals surface area contributed by atoms with Crippen molar-refractivity contribution in [1.29, 1.82) is 0 Å². The average Bonchev–Trinajstić information content (AvgIpc) is 2.52. The Bertz CT molecular complexity index is 629. The van der Waals surface area contributed by atoms with Gasteiger partial charge in [0.2, 0.25) is 5.96 Å². The van der Waals surface area contributed by atoms with Crippen molar-refractivity contribution >= 4 is 11.7 Å². The molecule has 0 aliphatic rings. The molecule has 0 bridgehead atoms. The Hall–Kier alpha value is -2.82. The standard InChI is InChI=1S/C16H18N4O/c1-12(19-20-16(17)18)14-7-9-15(10-8-14)21-11-13-5-3-2-4-6-13/h2-10H,11H2,1H3,(H4,17,18,20)/b19-12+. The quantitative estimate of drug-likeness (QED) is 0.501. The summed E-state index contributed by atoms with van der Waals surface area (Å²) in [7, 11) is 0. The minimum absolute atomic E-state index is 0.0582. The molecule has 2 rings (SSSR count). The van der Waals surface area contributed by atoms with Crippen LogP contribution in [0.25, 0.3) is 0 Å². The lowest BCUT2D eigenvalue weighted by Crippen LogP contribution is -2.22. The lowest BCUT2D eigenvalue weighted by Gasteiger charge is -2.07. The molecule has 0 aliphatic heterocycles. The zero-order valence-electron chi connectivity index (χ0n) is 11.9. The van der Waals surface area contributed by atoms with Crippen LogP contribution in [0.15, 0.2) is 64.8 Å². The Morgan fingerprint density at radius 3 is 2.24 bits per heavy atom. The maximum absolute atomic E-state index is 5.72. The van der Waals surface area contributed by atoms with E-state index < -0.39 is 0 Å². The van der Waals surface area contributed by atoms with Gasteiger partial charge in [-0.25, -0.2) is 0 Å². The fraction of sp³-hybridized carbons (Fsp3) is 0.125. The number of guanidine groups is 1. The molecule has 0 saturated carbocycles. The molecule has 0 unspecified atom stereocenters. The van der Waals surface area contributed by atoms with Crippen LogP contribution in [0, 0.1) is 0 Å². The van der Waals surface area contributed by atoms with Crippen molar-refractivity contribution in [3.63, 3.8) is 0 Å². The smallest absolute Gasteiger partial charge is 0.211 e. The molecule has 4 N–H and O–H groups in total. The monoisotopic (exact) mass is 282 g/mol. The van der Waals surface area contributed by atoms with Crippen LogP contribution in [0.5, 0.6) is 5.75 Å². The summed E-state index contributed by atoms with van der Waals surface area (Å²) in [6.45, 7) is 2.38. The molecule has 0 aromatic heterocycles. The van der Waals surface area contributed by atoms with Gasteiger partial charge >= 0.3 is 0 Å². The second-order valence-electron chi connectivity index (χ2n) is 4.51. The third kappa shape index (κ3) is 4.65. The highest BCUT2D eigenvalue weighted by molar-refractivity contribution is 5.99. The van der Waals surface area contributed by atoms with Gasteiger partial charge < -0.3 is 16.2 Å². The SMILES string of the molecule is C/C(=N\N=C(N)N)c1ccc(OCc2ccccc2)cc1. The highest BCUT2D eigenvalue weighted by Crippen LogP contribution is 2.15. The first-order valence-corrected chi connectivity index (χ1v) is 6.55. The van der Waals surface area contributed by atoms with Gasteiger partial charge in [-0.1, -0.05) is 30.3 Å². The van der Waals surface area contributed by atoms with Gasteiger partial charge in [-0.2, -0.15) is 5.10 Å². The van der Waals surface area contributed by atoms with Crippen LogP contribution in [-0.2, 0) is 6.61 Å². The Morgan fingerprint density at radius 2 is 1.62 bits per heavy atom. The predicted octanol–water partition coefficient (Wildman–Crippen LogP) is 2.26. The van der Waals surface area contributed by atoms with Gasteiger partial charge in [-0.3, -0.25) is 0 Å². The molecule has 21 heavy (non-hydrogen) atoms. The minimum atomic E-state index is -0.0582. The number of nitrogens with zero attached hydrogens (tertiary/aromatic N) is 2. The Labute approximate surface area is 124 Å². The van der Waals surface area contributed by atoms with Crippen molar-refractivity contribution in [2.45, 2.75) is 13.5 Å². The van der Waals surface area contributed by atoms with Crippen LogP contribution in [-0.4, -0.2) is 11.7 Å². The van der Waals surface area contributed by atoms with Gasteiger partial charge in [0.15, 0.2) is 0 Å². The van der Waals surface area contributed by atoms with Gasteiger partial charge in [0.05, 0.1) is 5.71 Å². The van der Waals surface area contributed by atoms with Crippen molar-refractivity contribution in [2.75, 3.05) is 0 Å². The van der Waals surface area contributed by atoms with E-state index in [1.165, 1.54) is 0 Å². The third-order valence-electron chi connectivity index (χ3n) is 2.84. The van der Waals surface area contributed by atoms with Crippen molar-refractivity contribution in [3.05, 3.63) is 65.7 Å². The first-order chi connectivity index (χ1) is 10.1. The number of hydrogen-bond donors (Lipinski definition) is 2. The van der Waals surface area contributed by atoms with E-state index >= 15 is 0 Å². The maximum atomic E-state index is 5.72. The number of nitrogens with two attached hydrogens (primary N) is 2. The molecule has 0 heterocycles. The van der Waals surface area contributed by atoms with Crippen LogP contribution in [0.3, 0.4) is 0 Å². The Balaban J connectivity index is 1.99. The third-order valence-corrected chi connectivity index (χ3v) is 2.84. The van der Waals surface area contributed by atoms with Gasteiger partial charge in [-0.05, 0) is 42.3 Å². The summed E-state index contributed by atoms with van der Waals surface area (Å²) in [5.41, 5.74) is 13.3. The van der Waals surface area contributed by atoms with Crippen LogP contribution in [0.1, 0.15) is 18.1 Å². The fourth-order valence-corrected chi connectivity index (χ4v) is 1.72. The molecular formula is C16H18N4O. The summed E-state index contributed by atoms with van der Waals surface area (Å²) in [6.07, 6.45) is 0. The summed E-state index contributed by atoms with van der Waals surface area (Å²) in [4.78, 5) is 0.